The van der Waals surface area contributed by atoms with E-state index in [4.69, 9.17) is 0 Å². The number of nitrogens with one attached hydrogen (secondary N) is 1. The minimum absolute atomic E-state index is 0.656. The van der Waals surface area contributed by atoms with Gasteiger partial charge in [-0.2, -0.15) is 5.10 Å². The molecule has 2 aliphatic rings. The van der Waals surface area contributed by atoms with Crippen LogP contribution in [-0.4, -0.2) is 16.2 Å². The van der Waals surface area contributed by atoms with Crippen molar-refractivity contribution in [2.45, 2.75) is 44.6 Å². The van der Waals surface area contributed by atoms with E-state index in [-0.39, 0.29) is 0 Å². The van der Waals surface area contributed by atoms with Crippen LogP contribution in [0, 0.1) is 0 Å². The summed E-state index contributed by atoms with van der Waals surface area (Å²) in [5.74, 6) is 0.982. The van der Waals surface area contributed by atoms with Crippen LogP contribution in [0.4, 0.5) is 5.82 Å². The molecule has 0 bridgehead atoms. The van der Waals surface area contributed by atoms with Crippen molar-refractivity contribution in [3.05, 3.63) is 17.3 Å². The summed E-state index contributed by atoms with van der Waals surface area (Å²) < 4.78 is 0. The number of aromatic nitrogens is 2. The Kier molecular flexibility index (Phi) is 1.89. The maximum Gasteiger partial charge on any atom is 0.149 e. The van der Waals surface area contributed by atoms with Gasteiger partial charge in [0.15, 0.2) is 0 Å². The normalized spacial score (nSPS) is 20.3. The third-order valence-corrected chi connectivity index (χ3v) is 3.28. The molecule has 0 aromatic carbocycles. The summed E-state index contributed by atoms with van der Waals surface area (Å²) in [7, 11) is 0. The van der Waals surface area contributed by atoms with E-state index in [9.17, 15) is 0 Å². The fourth-order valence-electron chi connectivity index (χ4n) is 2.16. The van der Waals surface area contributed by atoms with E-state index < -0.39 is 0 Å². The van der Waals surface area contributed by atoms with Gasteiger partial charge in [0.1, 0.15) is 5.82 Å². The van der Waals surface area contributed by atoms with Crippen molar-refractivity contribution >= 4 is 5.82 Å². The number of hydrogen-bond donors (Lipinski definition) is 1. The standard InChI is InChI=1S/C11H15N3/c1-3-8-7-11(12-9-4-2-5-9)14-13-10(8)6-1/h7,9H,1-6H2,(H,12,14). The summed E-state index contributed by atoms with van der Waals surface area (Å²) >= 11 is 0. The number of anilines is 1. The molecule has 1 N–H and O–H groups in total. The Labute approximate surface area is 83.9 Å². The lowest BCUT2D eigenvalue weighted by molar-refractivity contribution is 0.444. The summed E-state index contributed by atoms with van der Waals surface area (Å²) in [6.07, 6.45) is 7.49. The molecule has 14 heavy (non-hydrogen) atoms. The average Bonchev–Trinajstić information content (AvgIpc) is 2.58. The highest BCUT2D eigenvalue weighted by molar-refractivity contribution is 5.40. The molecule has 1 heterocycles. The third-order valence-electron chi connectivity index (χ3n) is 3.28. The van der Waals surface area contributed by atoms with Crippen molar-refractivity contribution in [3.8, 4) is 0 Å². The molecule has 2 aliphatic carbocycles. The fraction of sp³-hybridized carbons (Fsp3) is 0.636. The molecule has 1 aromatic rings. The van der Waals surface area contributed by atoms with Gasteiger partial charge in [-0.3, -0.25) is 0 Å². The van der Waals surface area contributed by atoms with Gasteiger partial charge >= 0.3 is 0 Å². The van der Waals surface area contributed by atoms with Crippen LogP contribution in [-0.2, 0) is 12.8 Å². The molecule has 0 amide bonds. The Bertz CT molecular complexity index is 344. The minimum Gasteiger partial charge on any atom is -0.366 e. The first kappa shape index (κ1) is 8.21. The van der Waals surface area contributed by atoms with Crippen LogP contribution in [0.2, 0.25) is 0 Å². The molecule has 0 aliphatic heterocycles. The van der Waals surface area contributed by atoms with Crippen molar-refractivity contribution in [3.63, 3.8) is 0 Å². The first-order valence-electron chi connectivity index (χ1n) is 5.54. The van der Waals surface area contributed by atoms with E-state index >= 15 is 0 Å². The maximum absolute atomic E-state index is 4.26. The van der Waals surface area contributed by atoms with Crippen LogP contribution in [0.3, 0.4) is 0 Å². The molecule has 1 saturated carbocycles. The number of nitrogens with zero attached hydrogens (tertiary/aromatic N) is 2. The summed E-state index contributed by atoms with van der Waals surface area (Å²) in [4.78, 5) is 0. The van der Waals surface area contributed by atoms with Gasteiger partial charge in [0, 0.05) is 6.04 Å². The third kappa shape index (κ3) is 1.37. The Morgan fingerprint density at radius 1 is 1.14 bits per heavy atom. The average molecular weight is 189 g/mol. The summed E-state index contributed by atoms with van der Waals surface area (Å²) in [6.45, 7) is 0. The van der Waals surface area contributed by atoms with E-state index in [0.29, 0.717) is 6.04 Å². The fourth-order valence-corrected chi connectivity index (χ4v) is 2.16. The van der Waals surface area contributed by atoms with Crippen molar-refractivity contribution in [1.29, 1.82) is 0 Å². The van der Waals surface area contributed by atoms with Gasteiger partial charge in [-0.1, -0.05) is 0 Å². The van der Waals surface area contributed by atoms with Gasteiger partial charge < -0.3 is 5.32 Å². The van der Waals surface area contributed by atoms with E-state index in [1.807, 2.05) is 0 Å². The molecule has 0 unspecified atom stereocenters. The maximum atomic E-state index is 4.26. The Morgan fingerprint density at radius 3 is 2.86 bits per heavy atom. The summed E-state index contributed by atoms with van der Waals surface area (Å²) in [5, 5.41) is 11.9. The van der Waals surface area contributed by atoms with Crippen LogP contribution in [0.15, 0.2) is 6.07 Å². The molecule has 74 valence electrons. The minimum atomic E-state index is 0.656. The molecular formula is C11H15N3. The van der Waals surface area contributed by atoms with Gasteiger partial charge in [-0.05, 0) is 50.2 Å². The quantitative estimate of drug-likeness (QED) is 0.772. The monoisotopic (exact) mass is 189 g/mol. The van der Waals surface area contributed by atoms with E-state index in [0.717, 1.165) is 12.2 Å². The van der Waals surface area contributed by atoms with Crippen molar-refractivity contribution in [2.75, 3.05) is 5.32 Å². The zero-order valence-electron chi connectivity index (χ0n) is 8.29. The van der Waals surface area contributed by atoms with Gasteiger partial charge in [-0.25, -0.2) is 0 Å². The topological polar surface area (TPSA) is 37.8 Å². The number of aryl methyl sites for hydroxylation is 2. The van der Waals surface area contributed by atoms with E-state index in [1.54, 1.807) is 0 Å². The molecule has 0 radical (unpaired) electrons. The predicted octanol–water partition coefficient (Wildman–Crippen LogP) is 1.93. The Morgan fingerprint density at radius 2 is 2.07 bits per heavy atom. The second-order valence-corrected chi connectivity index (χ2v) is 4.33. The summed E-state index contributed by atoms with van der Waals surface area (Å²) in [5.41, 5.74) is 2.62. The highest BCUT2D eigenvalue weighted by Gasteiger charge is 2.19. The van der Waals surface area contributed by atoms with E-state index in [1.165, 1.54) is 43.4 Å². The van der Waals surface area contributed by atoms with Crippen molar-refractivity contribution in [2.24, 2.45) is 0 Å². The van der Waals surface area contributed by atoms with Crippen molar-refractivity contribution < 1.29 is 0 Å². The van der Waals surface area contributed by atoms with Crippen LogP contribution < -0.4 is 5.32 Å². The van der Waals surface area contributed by atoms with Gasteiger partial charge in [-0.15, -0.1) is 5.10 Å². The van der Waals surface area contributed by atoms with Crippen LogP contribution in [0.1, 0.15) is 36.9 Å². The van der Waals surface area contributed by atoms with Crippen molar-refractivity contribution in [1.82, 2.24) is 10.2 Å². The molecule has 0 saturated heterocycles. The lowest BCUT2D eigenvalue weighted by Crippen LogP contribution is -2.27. The predicted molar refractivity (Wildman–Crippen MR) is 55.3 cm³/mol. The largest absolute Gasteiger partial charge is 0.366 e. The first-order valence-corrected chi connectivity index (χ1v) is 5.54. The Balaban J connectivity index is 1.78. The van der Waals surface area contributed by atoms with Gasteiger partial charge in [0.25, 0.3) is 0 Å². The van der Waals surface area contributed by atoms with Crippen LogP contribution in [0.25, 0.3) is 0 Å². The molecule has 1 fully saturated rings. The second-order valence-electron chi connectivity index (χ2n) is 4.33. The smallest absolute Gasteiger partial charge is 0.149 e. The van der Waals surface area contributed by atoms with Crippen LogP contribution in [0.5, 0.6) is 0 Å². The number of rotatable bonds is 2. The second kappa shape index (κ2) is 3.23. The highest BCUT2D eigenvalue weighted by Crippen LogP contribution is 2.25. The van der Waals surface area contributed by atoms with Gasteiger partial charge in [0.05, 0.1) is 5.69 Å². The highest BCUT2D eigenvalue weighted by atomic mass is 15.2. The molecule has 3 nitrogen and oxygen atoms in total. The first-order chi connectivity index (χ1) is 6.92. The zero-order valence-corrected chi connectivity index (χ0v) is 8.29. The van der Waals surface area contributed by atoms with E-state index in [2.05, 4.69) is 21.6 Å². The zero-order chi connectivity index (χ0) is 9.38. The SMILES string of the molecule is c1c(NC2CCC2)nnc2c1CCC2. The van der Waals surface area contributed by atoms with Gasteiger partial charge in [0.2, 0.25) is 0 Å². The molecule has 1 aromatic heterocycles. The Hall–Kier alpha value is -1.12. The summed E-state index contributed by atoms with van der Waals surface area (Å²) in [6, 6.07) is 2.84. The molecule has 0 atom stereocenters. The lowest BCUT2D eigenvalue weighted by atomic mass is 9.93. The number of fused-ring (bicyclic) bond motifs is 1. The van der Waals surface area contributed by atoms with Crippen LogP contribution >= 0.6 is 0 Å². The number of hydrogen-bond acceptors (Lipinski definition) is 3. The molecule has 3 heteroatoms. The molecule has 0 spiro atoms. The molecule has 3 rings (SSSR count). The lowest BCUT2D eigenvalue weighted by Gasteiger charge is -2.26. The molecular weight excluding hydrogens is 174 g/mol.